The molecule has 156 valence electrons. The third-order valence-corrected chi connectivity index (χ3v) is 8.09. The van der Waals surface area contributed by atoms with Gasteiger partial charge in [0.15, 0.2) is 11.5 Å². The topological polar surface area (TPSA) is 55.8 Å². The second-order valence-corrected chi connectivity index (χ2v) is 9.94. The van der Waals surface area contributed by atoms with Gasteiger partial charge in [0.2, 0.25) is 16.8 Å². The molecule has 2 aliphatic heterocycles. The first-order chi connectivity index (χ1) is 13.7. The van der Waals surface area contributed by atoms with E-state index in [1.165, 1.54) is 10.4 Å². The first-order valence-corrected chi connectivity index (χ1v) is 11.4. The number of fused-ring (bicyclic) bond motifs is 1. The van der Waals surface area contributed by atoms with Crippen LogP contribution >= 0.6 is 11.8 Å². The van der Waals surface area contributed by atoms with E-state index in [1.54, 1.807) is 11.8 Å². The Labute approximate surface area is 170 Å². The van der Waals surface area contributed by atoms with E-state index in [0.29, 0.717) is 29.7 Å². The average Bonchev–Trinajstić information content (AvgIpc) is 3.01. The third-order valence-electron chi connectivity index (χ3n) is 4.87. The van der Waals surface area contributed by atoms with E-state index in [-0.39, 0.29) is 30.0 Å². The highest BCUT2D eigenvalue weighted by Crippen LogP contribution is 2.41. The molecule has 10 heteroatoms. The minimum absolute atomic E-state index is 0.0613. The lowest BCUT2D eigenvalue weighted by Gasteiger charge is -2.20. The number of benzene rings is 2. The zero-order valence-electron chi connectivity index (χ0n) is 15.2. The van der Waals surface area contributed by atoms with Crippen molar-refractivity contribution < 1.29 is 31.1 Å². The van der Waals surface area contributed by atoms with Crippen molar-refractivity contribution in [2.75, 3.05) is 25.6 Å². The predicted molar refractivity (Wildman–Crippen MR) is 103 cm³/mol. The number of rotatable bonds is 3. The third kappa shape index (κ3) is 4.19. The molecule has 0 spiro atoms. The van der Waals surface area contributed by atoms with Crippen LogP contribution in [0.5, 0.6) is 11.5 Å². The fourth-order valence-corrected chi connectivity index (χ4v) is 6.19. The van der Waals surface area contributed by atoms with Crippen LogP contribution in [0.3, 0.4) is 0 Å². The van der Waals surface area contributed by atoms with Crippen LogP contribution in [0.15, 0.2) is 47.4 Å². The highest BCUT2D eigenvalue weighted by Gasteiger charge is 2.34. The largest absolute Gasteiger partial charge is 0.454 e. The van der Waals surface area contributed by atoms with Crippen LogP contribution in [0.2, 0.25) is 0 Å². The van der Waals surface area contributed by atoms with Crippen molar-refractivity contribution >= 4 is 21.8 Å². The van der Waals surface area contributed by atoms with Crippen molar-refractivity contribution in [2.24, 2.45) is 0 Å². The molecule has 4 rings (SSSR count). The van der Waals surface area contributed by atoms with Gasteiger partial charge in [0, 0.05) is 24.1 Å². The summed E-state index contributed by atoms with van der Waals surface area (Å²) in [5, 5.41) is 0.0613. The van der Waals surface area contributed by atoms with Gasteiger partial charge in [-0.2, -0.15) is 29.2 Å². The molecule has 0 unspecified atom stereocenters. The Morgan fingerprint density at radius 3 is 2.62 bits per heavy atom. The summed E-state index contributed by atoms with van der Waals surface area (Å²) in [6.45, 7) is 0.647. The lowest BCUT2D eigenvalue weighted by atomic mass is 10.1. The van der Waals surface area contributed by atoms with Gasteiger partial charge < -0.3 is 9.47 Å². The molecule has 0 aliphatic carbocycles. The summed E-state index contributed by atoms with van der Waals surface area (Å²) >= 11 is 1.62. The van der Waals surface area contributed by atoms with Gasteiger partial charge in [0.25, 0.3) is 0 Å². The number of nitrogens with zero attached hydrogens (tertiary/aromatic N) is 1. The van der Waals surface area contributed by atoms with Crippen LogP contribution in [0.4, 0.5) is 13.2 Å². The summed E-state index contributed by atoms with van der Waals surface area (Å²) in [5.41, 5.74) is 0.0403. The van der Waals surface area contributed by atoms with Crippen LogP contribution in [0.25, 0.3) is 0 Å². The van der Waals surface area contributed by atoms with Crippen LogP contribution in [-0.2, 0) is 16.2 Å². The molecule has 29 heavy (non-hydrogen) atoms. The molecule has 2 heterocycles. The number of hydrogen-bond donors (Lipinski definition) is 0. The number of thioether (sulfide) groups is 1. The van der Waals surface area contributed by atoms with Crippen LogP contribution in [0.1, 0.15) is 22.8 Å². The summed E-state index contributed by atoms with van der Waals surface area (Å²) in [6.07, 6.45) is -4.05. The fraction of sp³-hybridized carbons (Fsp3) is 0.368. The van der Waals surface area contributed by atoms with Gasteiger partial charge in [-0.1, -0.05) is 12.1 Å². The molecule has 1 fully saturated rings. The number of ether oxygens (including phenoxy) is 2. The summed E-state index contributed by atoms with van der Waals surface area (Å²) in [5.74, 6) is 1.89. The molecule has 0 bridgehead atoms. The van der Waals surface area contributed by atoms with E-state index in [2.05, 4.69) is 0 Å². The van der Waals surface area contributed by atoms with E-state index in [4.69, 9.17) is 9.47 Å². The van der Waals surface area contributed by atoms with Crippen molar-refractivity contribution in [3.05, 3.63) is 53.6 Å². The Morgan fingerprint density at radius 1 is 1.03 bits per heavy atom. The van der Waals surface area contributed by atoms with Gasteiger partial charge in [-0.3, -0.25) is 0 Å². The Balaban J connectivity index is 1.52. The van der Waals surface area contributed by atoms with E-state index >= 15 is 0 Å². The Kier molecular flexibility index (Phi) is 5.43. The molecule has 0 N–H and O–H groups in total. The highest BCUT2D eigenvalue weighted by molar-refractivity contribution is 7.99. The minimum atomic E-state index is -4.59. The summed E-state index contributed by atoms with van der Waals surface area (Å²) in [6, 6.07) is 9.56. The first kappa shape index (κ1) is 20.4. The maximum atomic E-state index is 13.0. The van der Waals surface area contributed by atoms with Gasteiger partial charge in [-0.15, -0.1) is 0 Å². The van der Waals surface area contributed by atoms with E-state index in [9.17, 15) is 21.6 Å². The molecular weight excluding hydrogens is 427 g/mol. The lowest BCUT2D eigenvalue weighted by Crippen LogP contribution is -2.33. The van der Waals surface area contributed by atoms with Crippen molar-refractivity contribution in [1.29, 1.82) is 0 Å². The van der Waals surface area contributed by atoms with Gasteiger partial charge in [-0.05, 0) is 42.3 Å². The molecule has 0 aromatic heterocycles. The second kappa shape index (κ2) is 7.73. The molecule has 2 aromatic rings. The molecule has 5 nitrogen and oxygen atoms in total. The standard InChI is InChI=1S/C19H18F3NO4S2/c20-19(21,22)14-2-1-3-15(11-14)29(24,25)23-7-6-18(28-9-8-23)13-4-5-16-17(10-13)27-12-26-16/h1-5,10-11,18H,6-9,12H2/t18-/m0/s1. The molecule has 1 saturated heterocycles. The van der Waals surface area contributed by atoms with Crippen molar-refractivity contribution in [3.8, 4) is 11.5 Å². The highest BCUT2D eigenvalue weighted by atomic mass is 32.2. The number of sulfonamides is 1. The molecule has 0 saturated carbocycles. The minimum Gasteiger partial charge on any atom is -0.454 e. The van der Waals surface area contributed by atoms with Gasteiger partial charge in [-0.25, -0.2) is 8.42 Å². The molecule has 2 aromatic carbocycles. The molecular formula is C19H18F3NO4S2. The van der Waals surface area contributed by atoms with Crippen LogP contribution < -0.4 is 9.47 Å². The number of alkyl halides is 3. The van der Waals surface area contributed by atoms with Crippen LogP contribution in [-0.4, -0.2) is 38.4 Å². The zero-order valence-corrected chi connectivity index (χ0v) is 16.8. The van der Waals surface area contributed by atoms with Crippen LogP contribution in [0, 0.1) is 0 Å². The lowest BCUT2D eigenvalue weighted by molar-refractivity contribution is -0.137. The van der Waals surface area contributed by atoms with Gasteiger partial charge in [0.05, 0.1) is 10.5 Å². The predicted octanol–water partition coefficient (Wildman–Crippen LogP) is 4.30. The smallest absolute Gasteiger partial charge is 0.416 e. The van der Waals surface area contributed by atoms with Crippen molar-refractivity contribution in [2.45, 2.75) is 22.7 Å². The van der Waals surface area contributed by atoms with E-state index in [0.717, 1.165) is 17.7 Å². The quantitative estimate of drug-likeness (QED) is 0.705. The number of hydrogen-bond acceptors (Lipinski definition) is 5. The Hall–Kier alpha value is -1.91. The summed E-state index contributed by atoms with van der Waals surface area (Å²) in [4.78, 5) is -0.334. The molecule has 1 atom stereocenters. The van der Waals surface area contributed by atoms with Crippen molar-refractivity contribution in [1.82, 2.24) is 4.31 Å². The number of halogens is 3. The second-order valence-electron chi connectivity index (χ2n) is 6.69. The molecule has 0 amide bonds. The van der Waals surface area contributed by atoms with E-state index in [1.807, 2.05) is 18.2 Å². The summed E-state index contributed by atoms with van der Waals surface area (Å²) < 4.78 is 76.7. The average molecular weight is 445 g/mol. The first-order valence-electron chi connectivity index (χ1n) is 8.94. The fourth-order valence-electron chi connectivity index (χ4n) is 3.35. The monoisotopic (exact) mass is 445 g/mol. The Bertz CT molecular complexity index is 1010. The maximum absolute atomic E-state index is 13.0. The maximum Gasteiger partial charge on any atom is 0.416 e. The van der Waals surface area contributed by atoms with Gasteiger partial charge >= 0.3 is 6.18 Å². The van der Waals surface area contributed by atoms with E-state index < -0.39 is 21.8 Å². The molecule has 0 radical (unpaired) electrons. The normalized spacial score (nSPS) is 20.4. The van der Waals surface area contributed by atoms with Gasteiger partial charge in [0.1, 0.15) is 0 Å². The zero-order chi connectivity index (χ0) is 20.6. The Morgan fingerprint density at radius 2 is 1.83 bits per heavy atom. The SMILES string of the molecule is O=S(=O)(c1cccc(C(F)(F)F)c1)N1CCS[C@H](c2ccc3c(c2)OCO3)CC1. The van der Waals surface area contributed by atoms with Crippen molar-refractivity contribution in [3.63, 3.8) is 0 Å². The summed E-state index contributed by atoms with van der Waals surface area (Å²) in [7, 11) is -4.01. The molecule has 2 aliphatic rings.